The fourth-order valence-corrected chi connectivity index (χ4v) is 13.6. The van der Waals surface area contributed by atoms with Crippen LogP contribution in [0.15, 0.2) is 24.3 Å². The topological polar surface area (TPSA) is 374 Å². The van der Waals surface area contributed by atoms with Crippen molar-refractivity contribution in [3.8, 4) is 0 Å². The van der Waals surface area contributed by atoms with Gasteiger partial charge in [0.2, 0.25) is 0 Å². The van der Waals surface area contributed by atoms with Gasteiger partial charge in [-0.2, -0.15) is 0 Å². The number of allylic oxidation sites excluding steroid dienone is 4. The average Bonchev–Trinajstić information content (AvgIpc) is 0.764. The molecule has 99 heavy (non-hydrogen) atoms. The van der Waals surface area contributed by atoms with Crippen molar-refractivity contribution in [1.82, 2.24) is 0 Å². The van der Waals surface area contributed by atoms with Gasteiger partial charge in [-0.05, 0) is 70.6 Å². The summed E-state index contributed by atoms with van der Waals surface area (Å²) >= 11 is 0. The number of hydrogen-bond donors (Lipinski definition) is 11. The lowest BCUT2D eigenvalue weighted by Crippen LogP contribution is -2.69. The molecule has 2 saturated heterocycles. The van der Waals surface area contributed by atoms with Crippen LogP contribution >= 0.6 is 7.82 Å². The zero-order chi connectivity index (χ0) is 72.5. The van der Waals surface area contributed by atoms with E-state index in [2.05, 4.69) is 45.1 Å². The maximum Gasteiger partial charge on any atom is 0.472 e. The van der Waals surface area contributed by atoms with Gasteiger partial charge in [-0.25, -0.2) is 4.57 Å². The molecule has 1 aliphatic carbocycles. The van der Waals surface area contributed by atoms with E-state index in [0.717, 1.165) is 89.9 Å². The molecule has 0 amide bonds. The number of aliphatic hydroxyl groups excluding tert-OH is 10. The third-order valence-electron chi connectivity index (χ3n) is 19.0. The molecule has 580 valence electrons. The van der Waals surface area contributed by atoms with Crippen LogP contribution in [-0.4, -0.2) is 204 Å². The Hall–Kier alpha value is -2.56. The normalized spacial score (nSPS) is 27.6. The highest BCUT2D eigenvalue weighted by atomic mass is 31.2. The minimum absolute atomic E-state index is 0.0224. The Labute approximate surface area is 592 Å². The zero-order valence-electron chi connectivity index (χ0n) is 60.5. The van der Waals surface area contributed by atoms with Crippen LogP contribution in [0, 0.1) is 0 Å². The predicted molar refractivity (Wildman–Crippen MR) is 374 cm³/mol. The minimum Gasteiger partial charge on any atom is -0.463 e. The summed E-state index contributed by atoms with van der Waals surface area (Å²) in [6.45, 7) is 3.42. The van der Waals surface area contributed by atoms with Gasteiger partial charge in [-0.15, -0.1) is 0 Å². The Morgan fingerprint density at radius 2 is 0.707 bits per heavy atom. The lowest BCUT2D eigenvalue weighted by atomic mass is 9.84. The summed E-state index contributed by atoms with van der Waals surface area (Å²) < 4.78 is 65.0. The first-order valence-corrected chi connectivity index (χ1v) is 40.1. The predicted octanol–water partition coefficient (Wildman–Crippen LogP) is 10.9. The van der Waals surface area contributed by atoms with Crippen LogP contribution < -0.4 is 0 Å². The Bertz CT molecular complexity index is 2140. The monoisotopic (exact) mass is 1440 g/mol. The Kier molecular flexibility index (Phi) is 51.2. The highest BCUT2D eigenvalue weighted by molar-refractivity contribution is 7.47. The quantitative estimate of drug-likeness (QED) is 0.00886. The van der Waals surface area contributed by atoms with Crippen molar-refractivity contribution in [1.29, 1.82) is 0 Å². The molecule has 1 saturated carbocycles. The molecule has 2 aliphatic heterocycles. The highest BCUT2D eigenvalue weighted by Gasteiger charge is 2.58. The van der Waals surface area contributed by atoms with Crippen molar-refractivity contribution < 1.29 is 117 Å². The van der Waals surface area contributed by atoms with Gasteiger partial charge in [0.15, 0.2) is 18.7 Å². The molecular formula is C74H135O24P. The van der Waals surface area contributed by atoms with Crippen molar-refractivity contribution in [2.75, 3.05) is 26.4 Å². The molecule has 3 rings (SSSR count). The summed E-state index contributed by atoms with van der Waals surface area (Å²) in [5, 5.41) is 110. The third-order valence-corrected chi connectivity index (χ3v) is 19.9. The lowest BCUT2D eigenvalue weighted by molar-refractivity contribution is -0.360. The van der Waals surface area contributed by atoms with E-state index in [0.29, 0.717) is 25.7 Å². The molecule has 0 aromatic rings. The van der Waals surface area contributed by atoms with Crippen LogP contribution in [0.4, 0.5) is 0 Å². The number of phosphoric ester groups is 1. The van der Waals surface area contributed by atoms with E-state index in [4.69, 9.17) is 42.2 Å². The van der Waals surface area contributed by atoms with Crippen molar-refractivity contribution in [2.24, 2.45) is 0 Å². The number of unbranched alkanes of at least 4 members (excludes halogenated alkanes) is 35. The number of phosphoric acid groups is 1. The molecule has 24 nitrogen and oxygen atoms in total. The smallest absolute Gasteiger partial charge is 0.463 e. The molecule has 0 spiro atoms. The second-order valence-electron chi connectivity index (χ2n) is 27.7. The van der Waals surface area contributed by atoms with Crippen LogP contribution in [-0.2, 0) is 61.2 Å². The van der Waals surface area contributed by atoms with E-state index >= 15 is 0 Å². The van der Waals surface area contributed by atoms with Crippen molar-refractivity contribution in [3.63, 3.8) is 0 Å². The molecule has 3 aliphatic rings. The van der Waals surface area contributed by atoms with Crippen LogP contribution in [0.25, 0.3) is 0 Å². The Morgan fingerprint density at radius 1 is 0.384 bits per heavy atom. The molecule has 2 heterocycles. The third kappa shape index (κ3) is 38.9. The molecule has 18 unspecified atom stereocenters. The van der Waals surface area contributed by atoms with Crippen LogP contribution in [0.5, 0.6) is 0 Å². The fourth-order valence-electron chi connectivity index (χ4n) is 12.6. The maximum absolute atomic E-state index is 14.3. The summed E-state index contributed by atoms with van der Waals surface area (Å²) in [5.74, 6) is -2.02. The van der Waals surface area contributed by atoms with E-state index in [-0.39, 0.29) is 19.3 Å². The fraction of sp³-hybridized carbons (Fsp3) is 0.905. The van der Waals surface area contributed by atoms with Gasteiger partial charge < -0.3 is 89.1 Å². The number of hydrogen-bond acceptors (Lipinski definition) is 23. The van der Waals surface area contributed by atoms with E-state index in [1.54, 1.807) is 0 Å². The number of ether oxygens (including phenoxy) is 7. The SMILES string of the molecule is CCCCCCCC/C=C\CCCCCC(=O)OC(COC(=O)CCCCC/C=C\CCCCCCCCC)COP(=O)(O)OC1C(OC2OC(CO)C(O)C(O)C2O)C(O)C(O)C(O)C1OC1OC(COC(=O)CCCCCCCCCCCCCCCCCCC)C(O)C(O)C1O. The molecule has 25 heteroatoms. The van der Waals surface area contributed by atoms with Gasteiger partial charge in [0, 0.05) is 19.3 Å². The van der Waals surface area contributed by atoms with E-state index < -0.39 is 156 Å². The van der Waals surface area contributed by atoms with Gasteiger partial charge in [0.05, 0.1) is 13.2 Å². The number of carbonyl (C=O) groups excluding carboxylic acids is 3. The number of esters is 3. The Morgan fingerprint density at radius 3 is 1.10 bits per heavy atom. The van der Waals surface area contributed by atoms with Gasteiger partial charge in [-0.1, -0.05) is 231 Å². The molecular weight excluding hydrogens is 1300 g/mol. The second-order valence-corrected chi connectivity index (χ2v) is 29.1. The molecule has 0 bridgehead atoms. The number of carbonyl (C=O) groups is 3. The molecule has 0 aromatic heterocycles. The summed E-state index contributed by atoms with van der Waals surface area (Å²) in [6, 6.07) is 0. The summed E-state index contributed by atoms with van der Waals surface area (Å²) in [7, 11) is -5.70. The van der Waals surface area contributed by atoms with Crippen molar-refractivity contribution in [2.45, 2.75) is 401 Å². The summed E-state index contributed by atoms with van der Waals surface area (Å²) in [6.07, 6.45) is 16.7. The van der Waals surface area contributed by atoms with Crippen molar-refractivity contribution >= 4 is 25.7 Å². The van der Waals surface area contributed by atoms with Crippen molar-refractivity contribution in [3.05, 3.63) is 24.3 Å². The first-order valence-electron chi connectivity index (χ1n) is 38.6. The first kappa shape index (κ1) is 90.7. The van der Waals surface area contributed by atoms with Gasteiger partial charge >= 0.3 is 25.7 Å². The Balaban J connectivity index is 1.72. The highest BCUT2D eigenvalue weighted by Crippen LogP contribution is 2.49. The second kappa shape index (κ2) is 55.9. The largest absolute Gasteiger partial charge is 0.472 e. The molecule has 11 N–H and O–H groups in total. The van der Waals surface area contributed by atoms with E-state index in [1.807, 2.05) is 0 Å². The van der Waals surface area contributed by atoms with Crippen LogP contribution in [0.1, 0.15) is 297 Å². The van der Waals surface area contributed by atoms with Gasteiger partial charge in [0.1, 0.15) is 98.7 Å². The van der Waals surface area contributed by atoms with E-state index in [1.165, 1.54) is 141 Å². The molecule has 0 radical (unpaired) electrons. The first-order chi connectivity index (χ1) is 47.8. The van der Waals surface area contributed by atoms with Gasteiger partial charge in [0.25, 0.3) is 0 Å². The molecule has 18 atom stereocenters. The zero-order valence-corrected chi connectivity index (χ0v) is 61.4. The number of aliphatic hydroxyl groups is 10. The van der Waals surface area contributed by atoms with E-state index in [9.17, 15) is 74.9 Å². The lowest BCUT2D eigenvalue weighted by Gasteiger charge is -2.49. The molecule has 3 fully saturated rings. The minimum atomic E-state index is -5.70. The number of rotatable bonds is 60. The summed E-state index contributed by atoms with van der Waals surface area (Å²) in [5.41, 5.74) is 0. The van der Waals surface area contributed by atoms with Crippen LogP contribution in [0.2, 0.25) is 0 Å². The average molecular weight is 1440 g/mol. The summed E-state index contributed by atoms with van der Waals surface area (Å²) in [4.78, 5) is 51.0. The maximum atomic E-state index is 14.3. The van der Waals surface area contributed by atoms with Gasteiger partial charge in [-0.3, -0.25) is 23.4 Å². The van der Waals surface area contributed by atoms with Crippen LogP contribution in [0.3, 0.4) is 0 Å². The molecule has 0 aromatic carbocycles. The standard InChI is InChI=1S/C74H135O24P/c1-4-7-10-13-16-19-22-25-27-28-29-32-34-37-40-43-46-49-59(77)91-54-57-62(80)64(82)69(87)74(95-57)97-71-67(85)65(83)66(84)70(96-73-68(86)63(81)61(79)56(51-75)94-73)72(71)98-99(88,89)92-53-55(93-60(78)50-47-44-41-38-35-30-24-21-18-15-12-9-6-3)52-90-58(76)48-45-42-39-36-33-31-26-23-20-17-14-11-8-5-2/h30-31,33,35,55-57,61-75,79-87H,4-29,32,34,36-54H2,1-3H3,(H,88,89)/b33-31-,35-30-.